The lowest BCUT2D eigenvalue weighted by Crippen LogP contribution is -2.27. The predicted molar refractivity (Wildman–Crippen MR) is 91.2 cm³/mol. The SMILES string of the molecule is CC(C)(C)OC(=O)Nc1cc(NCC2CC=CCC2)ccc1F. The monoisotopic (exact) mass is 320 g/mol. The Balaban J connectivity index is 1.95. The molecule has 0 heterocycles. The van der Waals surface area contributed by atoms with Crippen molar-refractivity contribution in [2.75, 3.05) is 17.2 Å². The minimum atomic E-state index is -0.661. The minimum Gasteiger partial charge on any atom is -0.444 e. The van der Waals surface area contributed by atoms with Crippen LogP contribution in [0.25, 0.3) is 0 Å². The number of nitrogens with one attached hydrogen (secondary N) is 2. The topological polar surface area (TPSA) is 50.4 Å². The third kappa shape index (κ3) is 5.93. The van der Waals surface area contributed by atoms with E-state index in [2.05, 4.69) is 22.8 Å². The summed E-state index contributed by atoms with van der Waals surface area (Å²) in [6.07, 6.45) is 7.09. The molecule has 0 fully saturated rings. The second-order valence-electron chi connectivity index (χ2n) is 6.85. The summed E-state index contributed by atoms with van der Waals surface area (Å²) in [6, 6.07) is 4.61. The highest BCUT2D eigenvalue weighted by Crippen LogP contribution is 2.23. The van der Waals surface area contributed by atoms with Crippen molar-refractivity contribution in [3.05, 3.63) is 36.2 Å². The highest BCUT2D eigenvalue weighted by Gasteiger charge is 2.17. The molecule has 0 spiro atoms. The summed E-state index contributed by atoms with van der Waals surface area (Å²) < 4.78 is 19.0. The summed E-state index contributed by atoms with van der Waals surface area (Å²) in [4.78, 5) is 11.8. The van der Waals surface area contributed by atoms with Gasteiger partial charge in [0.05, 0.1) is 5.69 Å². The fourth-order valence-electron chi connectivity index (χ4n) is 2.45. The van der Waals surface area contributed by atoms with Gasteiger partial charge >= 0.3 is 6.09 Å². The van der Waals surface area contributed by atoms with Gasteiger partial charge in [0.15, 0.2) is 0 Å². The van der Waals surface area contributed by atoms with E-state index in [1.165, 1.54) is 6.07 Å². The largest absolute Gasteiger partial charge is 0.444 e. The van der Waals surface area contributed by atoms with Gasteiger partial charge in [0.2, 0.25) is 0 Å². The molecular formula is C18H25FN2O2. The van der Waals surface area contributed by atoms with E-state index in [0.717, 1.165) is 31.5 Å². The van der Waals surface area contributed by atoms with E-state index in [1.54, 1.807) is 32.9 Å². The van der Waals surface area contributed by atoms with Crippen LogP contribution in [0.1, 0.15) is 40.0 Å². The van der Waals surface area contributed by atoms with Gasteiger partial charge in [-0.2, -0.15) is 0 Å². The van der Waals surface area contributed by atoms with Crippen LogP contribution in [-0.2, 0) is 4.74 Å². The maximum absolute atomic E-state index is 13.9. The van der Waals surface area contributed by atoms with Gasteiger partial charge in [0.25, 0.3) is 0 Å². The van der Waals surface area contributed by atoms with Crippen LogP contribution in [0.5, 0.6) is 0 Å². The molecule has 2 N–H and O–H groups in total. The first-order valence-corrected chi connectivity index (χ1v) is 8.02. The van der Waals surface area contributed by atoms with Crippen molar-refractivity contribution in [1.29, 1.82) is 0 Å². The molecule has 1 aromatic carbocycles. The lowest BCUT2D eigenvalue weighted by atomic mass is 9.94. The molecule has 0 bridgehead atoms. The average Bonchev–Trinajstić information content (AvgIpc) is 2.47. The molecule has 0 saturated carbocycles. The normalized spacial score (nSPS) is 17.7. The van der Waals surface area contributed by atoms with E-state index in [9.17, 15) is 9.18 Å². The van der Waals surface area contributed by atoms with E-state index < -0.39 is 17.5 Å². The zero-order chi connectivity index (χ0) is 16.9. The van der Waals surface area contributed by atoms with Crippen molar-refractivity contribution < 1.29 is 13.9 Å². The van der Waals surface area contributed by atoms with Crippen LogP contribution in [0.2, 0.25) is 0 Å². The fourth-order valence-corrected chi connectivity index (χ4v) is 2.45. The summed E-state index contributed by atoms with van der Waals surface area (Å²) in [7, 11) is 0. The van der Waals surface area contributed by atoms with Gasteiger partial charge in [-0.25, -0.2) is 9.18 Å². The van der Waals surface area contributed by atoms with Gasteiger partial charge in [0.1, 0.15) is 11.4 Å². The van der Waals surface area contributed by atoms with E-state index in [0.29, 0.717) is 5.92 Å². The number of hydrogen-bond donors (Lipinski definition) is 2. The number of carbonyl (C=O) groups excluding carboxylic acids is 1. The summed E-state index contributed by atoms with van der Waals surface area (Å²) in [5, 5.41) is 5.77. The lowest BCUT2D eigenvalue weighted by Gasteiger charge is -2.21. The van der Waals surface area contributed by atoms with Gasteiger partial charge < -0.3 is 10.1 Å². The zero-order valence-electron chi connectivity index (χ0n) is 14.0. The molecule has 2 rings (SSSR count). The van der Waals surface area contributed by atoms with Crippen molar-refractivity contribution in [1.82, 2.24) is 0 Å². The Labute approximate surface area is 137 Å². The molecule has 5 heteroatoms. The number of amides is 1. The van der Waals surface area contributed by atoms with Gasteiger partial charge in [-0.15, -0.1) is 0 Å². The number of anilines is 2. The van der Waals surface area contributed by atoms with Crippen LogP contribution >= 0.6 is 0 Å². The third-order valence-electron chi connectivity index (χ3n) is 3.57. The lowest BCUT2D eigenvalue weighted by molar-refractivity contribution is 0.0635. The second-order valence-corrected chi connectivity index (χ2v) is 6.85. The molecule has 0 saturated heterocycles. The van der Waals surface area contributed by atoms with Gasteiger partial charge in [0, 0.05) is 12.2 Å². The number of hydrogen-bond acceptors (Lipinski definition) is 3. The van der Waals surface area contributed by atoms with E-state index >= 15 is 0 Å². The number of allylic oxidation sites excluding steroid dienone is 2. The molecule has 1 aliphatic rings. The molecule has 0 radical (unpaired) electrons. The molecule has 0 aromatic heterocycles. The number of benzene rings is 1. The molecule has 1 aromatic rings. The van der Waals surface area contributed by atoms with Gasteiger partial charge in [-0.1, -0.05) is 12.2 Å². The number of carbonyl (C=O) groups is 1. The van der Waals surface area contributed by atoms with E-state index in [-0.39, 0.29) is 5.69 Å². The van der Waals surface area contributed by atoms with Crippen molar-refractivity contribution in [2.45, 2.75) is 45.6 Å². The van der Waals surface area contributed by atoms with E-state index in [4.69, 9.17) is 4.74 Å². The van der Waals surface area contributed by atoms with E-state index in [1.807, 2.05) is 0 Å². The Bertz CT molecular complexity index is 579. The summed E-state index contributed by atoms with van der Waals surface area (Å²) in [5.74, 6) is 0.106. The molecule has 0 aliphatic heterocycles. The van der Waals surface area contributed by atoms with Crippen LogP contribution in [0.3, 0.4) is 0 Å². The van der Waals surface area contributed by atoms with Crippen LogP contribution in [-0.4, -0.2) is 18.2 Å². The molecule has 23 heavy (non-hydrogen) atoms. The van der Waals surface area contributed by atoms with Crippen LogP contribution in [0.4, 0.5) is 20.6 Å². The third-order valence-corrected chi connectivity index (χ3v) is 3.57. The number of halogens is 1. The first-order chi connectivity index (χ1) is 10.8. The summed E-state index contributed by atoms with van der Waals surface area (Å²) in [5.41, 5.74) is 0.282. The zero-order valence-corrected chi connectivity index (χ0v) is 14.0. The smallest absolute Gasteiger partial charge is 0.412 e. The second kappa shape index (κ2) is 7.49. The highest BCUT2D eigenvalue weighted by atomic mass is 19.1. The van der Waals surface area contributed by atoms with Crippen LogP contribution < -0.4 is 10.6 Å². The summed E-state index contributed by atoms with van der Waals surface area (Å²) >= 11 is 0. The predicted octanol–water partition coefficient (Wildman–Crippen LogP) is 4.94. The van der Waals surface area contributed by atoms with Gasteiger partial charge in [-0.3, -0.25) is 5.32 Å². The Kier molecular flexibility index (Phi) is 5.64. The molecule has 1 unspecified atom stereocenters. The maximum Gasteiger partial charge on any atom is 0.412 e. The molecule has 1 aliphatic carbocycles. The molecule has 4 nitrogen and oxygen atoms in total. The van der Waals surface area contributed by atoms with Crippen molar-refractivity contribution in [3.8, 4) is 0 Å². The fraction of sp³-hybridized carbons (Fsp3) is 0.500. The Morgan fingerprint density at radius 2 is 2.13 bits per heavy atom. The van der Waals surface area contributed by atoms with Crippen LogP contribution in [0.15, 0.2) is 30.4 Å². The Hall–Kier alpha value is -2.04. The van der Waals surface area contributed by atoms with Crippen LogP contribution in [0, 0.1) is 11.7 Å². The standard InChI is InChI=1S/C18H25FN2O2/c1-18(2,3)23-17(22)21-16-11-14(9-10-15(16)19)20-12-13-7-5-4-6-8-13/h4-5,9-11,13,20H,6-8,12H2,1-3H3,(H,21,22). The molecular weight excluding hydrogens is 295 g/mol. The molecule has 126 valence electrons. The molecule has 1 amide bonds. The highest BCUT2D eigenvalue weighted by molar-refractivity contribution is 5.85. The van der Waals surface area contributed by atoms with Gasteiger partial charge in [-0.05, 0) is 64.2 Å². The quantitative estimate of drug-likeness (QED) is 0.772. The Morgan fingerprint density at radius 1 is 1.35 bits per heavy atom. The number of ether oxygens (including phenoxy) is 1. The maximum atomic E-state index is 13.9. The first kappa shape index (κ1) is 17.3. The summed E-state index contributed by atoms with van der Waals surface area (Å²) in [6.45, 7) is 6.13. The van der Waals surface area contributed by atoms with Crippen molar-refractivity contribution in [3.63, 3.8) is 0 Å². The first-order valence-electron chi connectivity index (χ1n) is 8.02. The van der Waals surface area contributed by atoms with Crippen molar-refractivity contribution >= 4 is 17.5 Å². The minimum absolute atomic E-state index is 0.118. The number of rotatable bonds is 4. The Morgan fingerprint density at radius 3 is 2.78 bits per heavy atom. The average molecular weight is 320 g/mol. The molecule has 1 atom stereocenters. The van der Waals surface area contributed by atoms with Crippen molar-refractivity contribution in [2.24, 2.45) is 5.92 Å².